The predicted octanol–water partition coefficient (Wildman–Crippen LogP) is 3.09. The topological polar surface area (TPSA) is 113 Å². The van der Waals surface area contributed by atoms with Gasteiger partial charge in [-0.25, -0.2) is 9.78 Å². The van der Waals surface area contributed by atoms with Gasteiger partial charge < -0.3 is 20.5 Å². The first-order valence-corrected chi connectivity index (χ1v) is 11.4. The Labute approximate surface area is 214 Å². The molecule has 1 aliphatic heterocycles. The molecular formula is C26H29BrN4O4. The van der Waals surface area contributed by atoms with E-state index in [4.69, 9.17) is 4.74 Å². The van der Waals surface area contributed by atoms with E-state index in [1.165, 1.54) is 18.6 Å². The monoisotopic (exact) mass is 540 g/mol. The van der Waals surface area contributed by atoms with Crippen molar-refractivity contribution in [1.82, 2.24) is 15.3 Å². The van der Waals surface area contributed by atoms with E-state index in [1.54, 1.807) is 48.5 Å². The van der Waals surface area contributed by atoms with Gasteiger partial charge in [-0.2, -0.15) is 0 Å². The molecule has 9 heteroatoms. The van der Waals surface area contributed by atoms with Crippen molar-refractivity contribution in [1.29, 1.82) is 0 Å². The van der Waals surface area contributed by atoms with E-state index in [2.05, 4.69) is 20.6 Å². The highest BCUT2D eigenvalue weighted by atomic mass is 79.9. The third-order valence-electron chi connectivity index (χ3n) is 6.18. The van der Waals surface area contributed by atoms with Gasteiger partial charge in [-0.05, 0) is 43.0 Å². The number of ether oxygens (including phenoxy) is 1. The van der Waals surface area contributed by atoms with Crippen LogP contribution in [0.4, 0.5) is 5.82 Å². The average molecular weight is 541 g/mol. The lowest BCUT2D eigenvalue weighted by Gasteiger charge is -2.31. The SMILES string of the molecule is Br.O=C(Nc1cnccn1)C(COC(=O)C(O)(c1ccccc1)c1ccccc1)C1CCNCC1. The highest BCUT2D eigenvalue weighted by Crippen LogP contribution is 2.32. The number of carbonyl (C=O) groups excluding carboxylic acids is 2. The molecule has 1 atom stereocenters. The Morgan fingerprint density at radius 3 is 2.17 bits per heavy atom. The molecule has 1 aromatic heterocycles. The number of esters is 1. The minimum Gasteiger partial charge on any atom is -0.462 e. The fourth-order valence-corrected chi connectivity index (χ4v) is 4.29. The number of piperidine rings is 1. The highest BCUT2D eigenvalue weighted by molar-refractivity contribution is 8.93. The molecule has 0 radical (unpaired) electrons. The van der Waals surface area contributed by atoms with Gasteiger partial charge >= 0.3 is 5.97 Å². The van der Waals surface area contributed by atoms with Crippen LogP contribution in [0.2, 0.25) is 0 Å². The molecular weight excluding hydrogens is 512 g/mol. The quantitative estimate of drug-likeness (QED) is 0.376. The van der Waals surface area contributed by atoms with Gasteiger partial charge in [0, 0.05) is 12.4 Å². The summed E-state index contributed by atoms with van der Waals surface area (Å²) in [6.45, 7) is 1.41. The maximum absolute atomic E-state index is 13.4. The number of nitrogens with one attached hydrogen (secondary N) is 2. The molecule has 8 nitrogen and oxygen atoms in total. The second kappa shape index (κ2) is 12.5. The van der Waals surface area contributed by atoms with Gasteiger partial charge in [0.05, 0.1) is 12.1 Å². The third kappa shape index (κ3) is 6.30. The summed E-state index contributed by atoms with van der Waals surface area (Å²) in [6, 6.07) is 17.3. The van der Waals surface area contributed by atoms with E-state index in [0.29, 0.717) is 16.9 Å². The van der Waals surface area contributed by atoms with Crippen molar-refractivity contribution in [3.05, 3.63) is 90.4 Å². The predicted molar refractivity (Wildman–Crippen MR) is 137 cm³/mol. The molecule has 1 unspecified atom stereocenters. The van der Waals surface area contributed by atoms with Crippen molar-refractivity contribution < 1.29 is 19.4 Å². The van der Waals surface area contributed by atoms with Crippen molar-refractivity contribution >= 4 is 34.7 Å². The first kappa shape index (κ1) is 26.5. The van der Waals surface area contributed by atoms with E-state index in [-0.39, 0.29) is 35.4 Å². The summed E-state index contributed by atoms with van der Waals surface area (Å²) in [7, 11) is 0. The number of aromatic nitrogens is 2. The number of amides is 1. The summed E-state index contributed by atoms with van der Waals surface area (Å²) < 4.78 is 5.68. The van der Waals surface area contributed by atoms with Crippen LogP contribution in [0.1, 0.15) is 24.0 Å². The molecule has 0 saturated carbocycles. The van der Waals surface area contributed by atoms with Crippen molar-refractivity contribution in [2.75, 3.05) is 25.0 Å². The van der Waals surface area contributed by atoms with Crippen molar-refractivity contribution in [2.45, 2.75) is 18.4 Å². The summed E-state index contributed by atoms with van der Waals surface area (Å²) in [5.41, 5.74) is -1.20. The molecule has 3 N–H and O–H groups in total. The molecule has 3 aromatic rings. The van der Waals surface area contributed by atoms with Gasteiger partial charge in [0.1, 0.15) is 6.61 Å². The largest absolute Gasteiger partial charge is 0.462 e. The minimum atomic E-state index is -2.00. The number of anilines is 1. The zero-order valence-corrected chi connectivity index (χ0v) is 20.9. The Morgan fingerprint density at radius 1 is 1.03 bits per heavy atom. The number of aliphatic hydroxyl groups is 1. The molecule has 1 aliphatic rings. The first-order valence-electron chi connectivity index (χ1n) is 11.4. The van der Waals surface area contributed by atoms with Crippen LogP contribution in [0.25, 0.3) is 0 Å². The molecule has 1 fully saturated rings. The normalized spacial score (nSPS) is 14.9. The van der Waals surface area contributed by atoms with E-state index in [1.807, 2.05) is 12.1 Å². The fourth-order valence-electron chi connectivity index (χ4n) is 4.29. The second-order valence-electron chi connectivity index (χ2n) is 8.31. The van der Waals surface area contributed by atoms with Crippen LogP contribution in [0.3, 0.4) is 0 Å². The third-order valence-corrected chi connectivity index (χ3v) is 6.18. The van der Waals surface area contributed by atoms with Crippen molar-refractivity contribution in [3.8, 4) is 0 Å². The Kier molecular flexibility index (Phi) is 9.47. The number of carbonyl (C=O) groups is 2. The zero-order chi connectivity index (χ0) is 23.8. The lowest BCUT2D eigenvalue weighted by Crippen LogP contribution is -2.43. The molecule has 4 rings (SSSR count). The van der Waals surface area contributed by atoms with E-state index in [0.717, 1.165) is 25.9 Å². The van der Waals surface area contributed by atoms with Crippen LogP contribution < -0.4 is 10.6 Å². The molecule has 2 heterocycles. The lowest BCUT2D eigenvalue weighted by molar-refractivity contribution is -0.164. The molecule has 1 amide bonds. The van der Waals surface area contributed by atoms with Gasteiger partial charge in [0.15, 0.2) is 5.82 Å². The van der Waals surface area contributed by atoms with Crippen LogP contribution in [-0.4, -0.2) is 46.6 Å². The van der Waals surface area contributed by atoms with Gasteiger partial charge in [0.25, 0.3) is 0 Å². The number of benzene rings is 2. The molecule has 35 heavy (non-hydrogen) atoms. The summed E-state index contributed by atoms with van der Waals surface area (Å²) in [5.74, 6) is -1.35. The maximum Gasteiger partial charge on any atom is 0.347 e. The van der Waals surface area contributed by atoms with Crippen LogP contribution >= 0.6 is 17.0 Å². The summed E-state index contributed by atoms with van der Waals surface area (Å²) in [4.78, 5) is 34.6. The molecule has 1 saturated heterocycles. The van der Waals surface area contributed by atoms with E-state index >= 15 is 0 Å². The Morgan fingerprint density at radius 2 is 1.63 bits per heavy atom. The zero-order valence-electron chi connectivity index (χ0n) is 19.2. The standard InChI is InChI=1S/C26H28N4O4.BrH/c31-24(30-23-17-28-15-16-29-23)22(19-11-13-27-14-12-19)18-34-25(32)26(33,20-7-3-1-4-8-20)21-9-5-2-6-10-21;/h1-10,15-17,19,22,27,33H,11-14,18H2,(H,29,30,31);1H. The smallest absolute Gasteiger partial charge is 0.347 e. The van der Waals surface area contributed by atoms with Crippen LogP contribution in [0, 0.1) is 11.8 Å². The van der Waals surface area contributed by atoms with Gasteiger partial charge in [-0.1, -0.05) is 60.7 Å². The van der Waals surface area contributed by atoms with Crippen molar-refractivity contribution in [2.24, 2.45) is 11.8 Å². The van der Waals surface area contributed by atoms with Crippen LogP contribution in [-0.2, 0) is 19.9 Å². The Balaban J connectivity index is 0.00000342. The number of rotatable bonds is 8. The second-order valence-corrected chi connectivity index (χ2v) is 8.31. The fraction of sp³-hybridized carbons (Fsp3) is 0.308. The Hall–Kier alpha value is -3.14. The molecule has 0 bridgehead atoms. The van der Waals surface area contributed by atoms with Crippen LogP contribution in [0.5, 0.6) is 0 Å². The van der Waals surface area contributed by atoms with E-state index < -0.39 is 17.5 Å². The number of hydrogen-bond donors (Lipinski definition) is 3. The molecule has 184 valence electrons. The lowest BCUT2D eigenvalue weighted by atomic mass is 9.84. The summed E-state index contributed by atoms with van der Waals surface area (Å²) in [6.07, 6.45) is 6.03. The van der Waals surface area contributed by atoms with Gasteiger partial charge in [-0.3, -0.25) is 9.78 Å². The number of hydrogen-bond acceptors (Lipinski definition) is 7. The Bertz CT molecular complexity index is 1040. The minimum absolute atomic E-state index is 0. The molecule has 0 aliphatic carbocycles. The number of nitrogens with zero attached hydrogens (tertiary/aromatic N) is 2. The van der Waals surface area contributed by atoms with E-state index in [9.17, 15) is 14.7 Å². The van der Waals surface area contributed by atoms with Gasteiger partial charge in [0.2, 0.25) is 11.5 Å². The van der Waals surface area contributed by atoms with Gasteiger partial charge in [-0.15, -0.1) is 17.0 Å². The maximum atomic E-state index is 13.4. The highest BCUT2D eigenvalue weighted by Gasteiger charge is 2.42. The first-order chi connectivity index (χ1) is 16.6. The van der Waals surface area contributed by atoms with Crippen molar-refractivity contribution in [3.63, 3.8) is 0 Å². The molecule has 0 spiro atoms. The summed E-state index contributed by atoms with van der Waals surface area (Å²) in [5, 5.41) is 17.7. The summed E-state index contributed by atoms with van der Waals surface area (Å²) >= 11 is 0. The molecule has 2 aromatic carbocycles. The van der Waals surface area contributed by atoms with Crippen LogP contribution in [0.15, 0.2) is 79.3 Å². The average Bonchev–Trinajstić information content (AvgIpc) is 2.90. The number of halogens is 1.